The molecule has 4 aromatic heterocycles. The van der Waals surface area contributed by atoms with Crippen LogP contribution < -0.4 is 0 Å². The molecule has 8 heteroatoms. The molecule has 31 heavy (non-hydrogen) atoms. The summed E-state index contributed by atoms with van der Waals surface area (Å²) in [5.74, 6) is 0.664. The zero-order chi connectivity index (χ0) is 21.6. The second kappa shape index (κ2) is 9.55. The molecular formula is C23H25N5O3. The van der Waals surface area contributed by atoms with E-state index in [0.29, 0.717) is 32.0 Å². The summed E-state index contributed by atoms with van der Waals surface area (Å²) in [5, 5.41) is 4.45. The Kier molecular flexibility index (Phi) is 6.40. The fourth-order valence-electron chi connectivity index (χ4n) is 3.49. The lowest BCUT2D eigenvalue weighted by Crippen LogP contribution is -2.37. The van der Waals surface area contributed by atoms with Gasteiger partial charge in [-0.25, -0.2) is 4.68 Å². The largest absolute Gasteiger partial charge is 0.383 e. The number of pyridine rings is 2. The summed E-state index contributed by atoms with van der Waals surface area (Å²) in [5.41, 5.74) is 3.54. The molecule has 0 aliphatic heterocycles. The molecule has 160 valence electrons. The van der Waals surface area contributed by atoms with Crippen molar-refractivity contribution in [3.63, 3.8) is 0 Å². The lowest BCUT2D eigenvalue weighted by molar-refractivity contribution is 0.0618. The highest BCUT2D eigenvalue weighted by Gasteiger charge is 2.21. The highest BCUT2D eigenvalue weighted by molar-refractivity contribution is 5.93. The second-order valence-electron chi connectivity index (χ2n) is 7.05. The van der Waals surface area contributed by atoms with Crippen molar-refractivity contribution in [2.24, 2.45) is 0 Å². The quantitative estimate of drug-likeness (QED) is 0.417. The normalized spacial score (nSPS) is 11.2. The minimum absolute atomic E-state index is 0.120. The Morgan fingerprint density at radius 1 is 0.968 bits per heavy atom. The number of carbonyl (C=O) groups excluding carboxylic acids is 1. The first-order valence-electron chi connectivity index (χ1n) is 10.1. The number of fused-ring (bicyclic) bond motifs is 1. The molecule has 0 saturated carbocycles. The standard InChI is InChI=1S/C23H25N5O3/c1-30-14-12-26(13-15-31-2)23(29)21-9-11-25-28(21)22-8-7-20-6-5-19(17-27(20)22)18-4-3-10-24-16-18/h3-11,16-17H,12-15H2,1-2H3. The van der Waals surface area contributed by atoms with Crippen molar-refractivity contribution < 1.29 is 14.3 Å². The molecule has 0 fully saturated rings. The number of ether oxygens (including phenoxy) is 2. The first kappa shape index (κ1) is 20.8. The molecule has 0 aromatic carbocycles. The smallest absolute Gasteiger partial charge is 0.272 e. The minimum atomic E-state index is -0.120. The lowest BCUT2D eigenvalue weighted by Gasteiger charge is -2.22. The molecule has 0 bridgehead atoms. The van der Waals surface area contributed by atoms with Gasteiger partial charge in [-0.3, -0.25) is 9.78 Å². The van der Waals surface area contributed by atoms with Gasteiger partial charge in [0.15, 0.2) is 0 Å². The van der Waals surface area contributed by atoms with E-state index < -0.39 is 0 Å². The Morgan fingerprint density at radius 3 is 2.45 bits per heavy atom. The van der Waals surface area contributed by atoms with Gasteiger partial charge < -0.3 is 18.8 Å². The molecule has 0 N–H and O–H groups in total. The van der Waals surface area contributed by atoms with E-state index >= 15 is 0 Å². The van der Waals surface area contributed by atoms with Gasteiger partial charge in [-0.1, -0.05) is 12.1 Å². The van der Waals surface area contributed by atoms with E-state index in [1.807, 2.05) is 47.1 Å². The van der Waals surface area contributed by atoms with Crippen molar-refractivity contribution >= 4 is 11.4 Å². The second-order valence-corrected chi connectivity index (χ2v) is 7.05. The number of hydrogen-bond acceptors (Lipinski definition) is 5. The summed E-state index contributed by atoms with van der Waals surface area (Å²) in [4.78, 5) is 19.2. The summed E-state index contributed by atoms with van der Waals surface area (Å²) in [7, 11) is 3.24. The van der Waals surface area contributed by atoms with Crippen LogP contribution in [-0.4, -0.2) is 70.5 Å². The fourth-order valence-corrected chi connectivity index (χ4v) is 3.49. The number of amides is 1. The summed E-state index contributed by atoms with van der Waals surface area (Å²) in [6, 6.07) is 13.7. The van der Waals surface area contributed by atoms with E-state index in [1.54, 1.807) is 42.3 Å². The summed E-state index contributed by atoms with van der Waals surface area (Å²) >= 11 is 0. The molecule has 4 heterocycles. The lowest BCUT2D eigenvalue weighted by atomic mass is 10.1. The maximum atomic E-state index is 13.3. The van der Waals surface area contributed by atoms with Crippen LogP contribution in [0.1, 0.15) is 10.5 Å². The average molecular weight is 419 g/mol. The van der Waals surface area contributed by atoms with Crippen LogP contribution in [0.15, 0.2) is 67.3 Å². The number of hydrogen-bond donors (Lipinski definition) is 0. The monoisotopic (exact) mass is 419 g/mol. The Morgan fingerprint density at radius 2 is 1.74 bits per heavy atom. The predicted octanol–water partition coefficient (Wildman–Crippen LogP) is 2.92. The SMILES string of the molecule is COCCN(CCOC)C(=O)c1ccnn1-c1ccc2ccc(-c3cccnc3)cn12. The van der Waals surface area contributed by atoms with Crippen molar-refractivity contribution in [3.8, 4) is 16.9 Å². The number of aromatic nitrogens is 4. The first-order valence-corrected chi connectivity index (χ1v) is 10.1. The zero-order valence-corrected chi connectivity index (χ0v) is 17.6. The fraction of sp³-hybridized carbons (Fsp3) is 0.261. The van der Waals surface area contributed by atoms with Crippen LogP contribution >= 0.6 is 0 Å². The van der Waals surface area contributed by atoms with Crippen LogP contribution in [0.5, 0.6) is 0 Å². The summed E-state index contributed by atoms with van der Waals surface area (Å²) in [6.07, 6.45) is 7.26. The van der Waals surface area contributed by atoms with Crippen molar-refractivity contribution in [2.75, 3.05) is 40.5 Å². The van der Waals surface area contributed by atoms with Crippen LogP contribution in [-0.2, 0) is 9.47 Å². The van der Waals surface area contributed by atoms with Crippen LogP contribution in [0.4, 0.5) is 0 Å². The van der Waals surface area contributed by atoms with Gasteiger partial charge in [-0.2, -0.15) is 5.10 Å². The van der Waals surface area contributed by atoms with Gasteiger partial charge in [0.25, 0.3) is 5.91 Å². The van der Waals surface area contributed by atoms with Crippen molar-refractivity contribution in [2.45, 2.75) is 0 Å². The topological polar surface area (TPSA) is 73.9 Å². The average Bonchev–Trinajstić information content (AvgIpc) is 3.45. The number of carbonyl (C=O) groups is 1. The summed E-state index contributed by atoms with van der Waals surface area (Å²) in [6.45, 7) is 1.85. The van der Waals surface area contributed by atoms with E-state index in [9.17, 15) is 4.79 Å². The third-order valence-corrected chi connectivity index (χ3v) is 5.12. The van der Waals surface area contributed by atoms with Gasteiger partial charge in [-0.15, -0.1) is 0 Å². The molecule has 0 atom stereocenters. The van der Waals surface area contributed by atoms with Gasteiger partial charge in [-0.05, 0) is 35.9 Å². The maximum Gasteiger partial charge on any atom is 0.272 e. The van der Waals surface area contributed by atoms with Gasteiger partial charge >= 0.3 is 0 Å². The van der Waals surface area contributed by atoms with E-state index in [4.69, 9.17) is 9.47 Å². The molecule has 4 aromatic rings. The van der Waals surface area contributed by atoms with Gasteiger partial charge in [0, 0.05) is 57.0 Å². The van der Waals surface area contributed by atoms with E-state index in [0.717, 1.165) is 22.5 Å². The molecule has 0 aliphatic carbocycles. The van der Waals surface area contributed by atoms with Crippen LogP contribution in [0.2, 0.25) is 0 Å². The summed E-state index contributed by atoms with van der Waals surface area (Å²) < 4.78 is 14.0. The number of nitrogens with zero attached hydrogens (tertiary/aromatic N) is 5. The van der Waals surface area contributed by atoms with Crippen LogP contribution in [0, 0.1) is 0 Å². The Bertz CT molecular complexity index is 1140. The van der Waals surface area contributed by atoms with Crippen LogP contribution in [0.25, 0.3) is 22.5 Å². The van der Waals surface area contributed by atoms with Crippen molar-refractivity contribution in [1.29, 1.82) is 0 Å². The zero-order valence-electron chi connectivity index (χ0n) is 17.6. The van der Waals surface area contributed by atoms with E-state index in [1.165, 1.54) is 0 Å². The molecule has 0 spiro atoms. The van der Waals surface area contributed by atoms with E-state index in [-0.39, 0.29) is 5.91 Å². The maximum absolute atomic E-state index is 13.3. The molecule has 0 radical (unpaired) electrons. The Hall–Kier alpha value is -3.49. The van der Waals surface area contributed by atoms with Gasteiger partial charge in [0.05, 0.1) is 19.4 Å². The molecule has 4 rings (SSSR count). The number of rotatable bonds is 9. The molecule has 0 saturated heterocycles. The van der Waals surface area contributed by atoms with Crippen molar-refractivity contribution in [1.82, 2.24) is 24.1 Å². The molecule has 1 amide bonds. The highest BCUT2D eigenvalue weighted by atomic mass is 16.5. The van der Waals surface area contributed by atoms with Crippen molar-refractivity contribution in [3.05, 3.63) is 72.9 Å². The Labute approximate surface area is 180 Å². The molecule has 0 aliphatic rings. The van der Waals surface area contributed by atoms with Gasteiger partial charge in [0.1, 0.15) is 11.5 Å². The highest BCUT2D eigenvalue weighted by Crippen LogP contribution is 2.23. The van der Waals surface area contributed by atoms with E-state index in [2.05, 4.69) is 16.1 Å². The number of methoxy groups -OCH3 is 2. The first-order chi connectivity index (χ1) is 15.2. The molecule has 0 unspecified atom stereocenters. The predicted molar refractivity (Wildman–Crippen MR) is 117 cm³/mol. The molecule has 8 nitrogen and oxygen atoms in total. The Balaban J connectivity index is 1.71. The van der Waals surface area contributed by atoms with Gasteiger partial charge in [0.2, 0.25) is 0 Å². The third kappa shape index (κ3) is 4.35. The van der Waals surface area contributed by atoms with Crippen LogP contribution in [0.3, 0.4) is 0 Å². The third-order valence-electron chi connectivity index (χ3n) is 5.12. The molecular weight excluding hydrogens is 394 g/mol. The minimum Gasteiger partial charge on any atom is -0.383 e.